The quantitative estimate of drug-likeness (QED) is 0.153. The minimum Gasteiger partial charge on any atom is -0.459 e. The summed E-state index contributed by atoms with van der Waals surface area (Å²) in [5.41, 5.74) is 4.07. The van der Waals surface area contributed by atoms with Gasteiger partial charge in [0.2, 0.25) is 20.1 Å². The maximum Gasteiger partial charge on any atom is 0.347 e. The molecular formula is C46H67ClN2O7Si. The van der Waals surface area contributed by atoms with E-state index in [0.717, 1.165) is 22.3 Å². The third-order valence-corrected chi connectivity index (χ3v) is 17.5. The summed E-state index contributed by atoms with van der Waals surface area (Å²) in [7, 11) is -2.00. The number of amides is 2. The van der Waals surface area contributed by atoms with Crippen molar-refractivity contribution in [3.05, 3.63) is 88.0 Å². The predicted octanol–water partition coefficient (Wildman–Crippen LogP) is 9.69. The van der Waals surface area contributed by atoms with Crippen molar-refractivity contribution < 1.29 is 33.1 Å². The van der Waals surface area contributed by atoms with Gasteiger partial charge in [0.25, 0.3) is 0 Å². The van der Waals surface area contributed by atoms with Crippen LogP contribution in [0.5, 0.6) is 0 Å². The molecule has 2 amide bonds. The molecule has 0 spiro atoms. The van der Waals surface area contributed by atoms with Crippen LogP contribution in [0.4, 0.5) is 0 Å². The van der Waals surface area contributed by atoms with Crippen LogP contribution in [0, 0.1) is 24.2 Å². The molecule has 0 saturated heterocycles. The third-order valence-electron chi connectivity index (χ3n) is 11.0. The van der Waals surface area contributed by atoms with E-state index in [2.05, 4.69) is 76.4 Å². The highest BCUT2D eigenvalue weighted by Gasteiger charge is 2.45. The van der Waals surface area contributed by atoms with E-state index in [1.165, 1.54) is 6.08 Å². The number of esters is 2. The Morgan fingerprint density at radius 3 is 2.09 bits per heavy atom. The molecule has 0 fully saturated rings. The lowest BCUT2D eigenvalue weighted by Crippen LogP contribution is -2.51. The highest BCUT2D eigenvalue weighted by Crippen LogP contribution is 2.42. The predicted molar refractivity (Wildman–Crippen MR) is 232 cm³/mol. The zero-order chi connectivity index (χ0) is 42.7. The Hall–Kier alpha value is -3.73. The van der Waals surface area contributed by atoms with Crippen molar-refractivity contribution >= 4 is 49.7 Å². The first-order valence-corrected chi connectivity index (χ1v) is 23.0. The van der Waals surface area contributed by atoms with Crippen LogP contribution in [0.1, 0.15) is 111 Å². The van der Waals surface area contributed by atoms with Gasteiger partial charge < -0.3 is 24.5 Å². The molecule has 57 heavy (non-hydrogen) atoms. The molecule has 1 aliphatic rings. The lowest BCUT2D eigenvalue weighted by molar-refractivity contribution is -0.178. The number of ether oxygens (including phenoxy) is 2. The number of hydrogen-bond donors (Lipinski definition) is 2. The second-order valence-corrected chi connectivity index (χ2v) is 23.5. The SMILES string of the molecule is Cc1ccc(CC2NC(=O)/C=C/CC(C(C)/C=C/c3ccc(CO[Si](C(C)C)(C(C)C)C(C)C)cc3)OC(=O)C(CC(C)C)OC(=O)C(C)(C)CNC2=O)cc1Cl. The lowest BCUT2D eigenvalue weighted by atomic mass is 9.93. The van der Waals surface area contributed by atoms with Gasteiger partial charge in [-0.3, -0.25) is 14.4 Å². The second kappa shape index (κ2) is 21.3. The number of cyclic esters (lactones) is 2. The smallest absolute Gasteiger partial charge is 0.347 e. The molecular weight excluding hydrogens is 756 g/mol. The summed E-state index contributed by atoms with van der Waals surface area (Å²) in [6.07, 6.45) is 5.76. The van der Waals surface area contributed by atoms with Gasteiger partial charge in [-0.15, -0.1) is 0 Å². The van der Waals surface area contributed by atoms with E-state index in [-0.39, 0.29) is 37.6 Å². The van der Waals surface area contributed by atoms with Crippen LogP contribution in [0.25, 0.3) is 6.08 Å². The fraction of sp³-hybridized carbons (Fsp3) is 0.565. The number of nitrogens with one attached hydrogen (secondary N) is 2. The van der Waals surface area contributed by atoms with Crippen LogP contribution in [0.2, 0.25) is 21.6 Å². The third kappa shape index (κ3) is 13.7. The number of aryl methyl sites for hydroxylation is 1. The van der Waals surface area contributed by atoms with Crippen molar-refractivity contribution in [1.29, 1.82) is 0 Å². The highest BCUT2D eigenvalue weighted by atomic mass is 35.5. The molecule has 9 nitrogen and oxygen atoms in total. The van der Waals surface area contributed by atoms with Crippen molar-refractivity contribution in [1.82, 2.24) is 10.6 Å². The van der Waals surface area contributed by atoms with E-state index in [1.54, 1.807) is 26.0 Å². The summed E-state index contributed by atoms with van der Waals surface area (Å²) in [5.74, 6) is -2.51. The largest absolute Gasteiger partial charge is 0.459 e. The molecule has 2 aromatic rings. The number of halogens is 1. The molecule has 1 aliphatic heterocycles. The molecule has 314 valence electrons. The van der Waals surface area contributed by atoms with Crippen molar-refractivity contribution in [2.75, 3.05) is 6.54 Å². The minimum absolute atomic E-state index is 0.0208. The molecule has 0 aromatic heterocycles. The Morgan fingerprint density at radius 2 is 1.51 bits per heavy atom. The maximum atomic E-state index is 13.7. The molecule has 0 aliphatic carbocycles. The zero-order valence-electron chi connectivity index (χ0n) is 36.2. The van der Waals surface area contributed by atoms with Gasteiger partial charge in [-0.25, -0.2) is 4.79 Å². The standard InChI is InChI=1S/C46H67ClN2O7Si/c1-29(2)24-41-44(52)55-40(34(10)17-18-35-20-22-36(23-21-35)27-54-57(30(3)4,31(5)6)32(7)8)14-13-15-42(50)49-39(26-37-19-16-33(9)38(47)25-37)43(51)48-28-46(11,12)45(53)56-41/h13,15-23,25,29-32,34,39-41H,14,24,26-28H2,1-12H3,(H,48,51)(H,49,50)/b15-13+,18-17+. The normalized spacial score (nSPS) is 21.5. The van der Waals surface area contributed by atoms with E-state index in [0.29, 0.717) is 28.3 Å². The number of carbonyl (C=O) groups excluding carboxylic acids is 4. The van der Waals surface area contributed by atoms with Gasteiger partial charge in [0, 0.05) is 30.3 Å². The molecule has 11 heteroatoms. The van der Waals surface area contributed by atoms with Gasteiger partial charge in [0.05, 0.1) is 12.0 Å². The highest BCUT2D eigenvalue weighted by molar-refractivity contribution is 6.77. The van der Waals surface area contributed by atoms with Crippen LogP contribution < -0.4 is 10.6 Å². The van der Waals surface area contributed by atoms with E-state index in [9.17, 15) is 19.2 Å². The van der Waals surface area contributed by atoms with Crippen LogP contribution >= 0.6 is 11.6 Å². The van der Waals surface area contributed by atoms with Crippen molar-refractivity contribution in [2.45, 2.75) is 144 Å². The van der Waals surface area contributed by atoms with Crippen molar-refractivity contribution in [3.63, 3.8) is 0 Å². The van der Waals surface area contributed by atoms with Gasteiger partial charge in [0.15, 0.2) is 6.10 Å². The number of rotatable bonds is 13. The lowest BCUT2D eigenvalue weighted by Gasteiger charge is -2.42. The first-order valence-electron chi connectivity index (χ1n) is 20.5. The van der Waals surface area contributed by atoms with E-state index in [1.807, 2.05) is 52.0 Å². The summed E-state index contributed by atoms with van der Waals surface area (Å²) in [6.45, 7) is 25.2. The van der Waals surface area contributed by atoms with Gasteiger partial charge in [-0.1, -0.05) is 129 Å². The van der Waals surface area contributed by atoms with Crippen molar-refractivity contribution in [2.24, 2.45) is 17.3 Å². The molecule has 0 radical (unpaired) electrons. The Balaban J connectivity index is 1.88. The second-order valence-electron chi connectivity index (χ2n) is 17.7. The molecule has 2 aromatic carbocycles. The fourth-order valence-electron chi connectivity index (χ4n) is 7.57. The molecule has 4 unspecified atom stereocenters. The number of carbonyl (C=O) groups is 4. The summed E-state index contributed by atoms with van der Waals surface area (Å²) in [5, 5.41) is 6.17. The summed E-state index contributed by atoms with van der Waals surface area (Å²) in [6, 6.07) is 12.8. The first kappa shape index (κ1) is 47.6. The molecule has 2 N–H and O–H groups in total. The zero-order valence-corrected chi connectivity index (χ0v) is 38.0. The van der Waals surface area contributed by atoms with Crippen LogP contribution in [0.15, 0.2) is 60.7 Å². The van der Waals surface area contributed by atoms with Crippen LogP contribution in [0.3, 0.4) is 0 Å². The van der Waals surface area contributed by atoms with Gasteiger partial charge in [-0.2, -0.15) is 0 Å². The fourth-order valence-corrected chi connectivity index (χ4v) is 13.2. The summed E-state index contributed by atoms with van der Waals surface area (Å²) in [4.78, 5) is 54.1. The van der Waals surface area contributed by atoms with Crippen LogP contribution in [-0.4, -0.2) is 56.9 Å². The molecule has 0 saturated carbocycles. The maximum absolute atomic E-state index is 13.7. The number of hydrogen-bond acceptors (Lipinski definition) is 7. The molecule has 0 bridgehead atoms. The van der Waals surface area contributed by atoms with E-state index >= 15 is 0 Å². The Morgan fingerprint density at radius 1 is 0.895 bits per heavy atom. The van der Waals surface area contributed by atoms with Gasteiger partial charge >= 0.3 is 11.9 Å². The topological polar surface area (TPSA) is 120 Å². The summed E-state index contributed by atoms with van der Waals surface area (Å²) < 4.78 is 18.7. The molecule has 4 atom stereocenters. The average Bonchev–Trinajstić information content (AvgIpc) is 3.13. The minimum atomic E-state index is -2.00. The van der Waals surface area contributed by atoms with Gasteiger partial charge in [-0.05, 0) is 84.1 Å². The average molecular weight is 824 g/mol. The van der Waals surface area contributed by atoms with E-state index in [4.69, 9.17) is 25.5 Å². The molecule has 1 heterocycles. The first-order chi connectivity index (χ1) is 26.7. The Kier molecular flexibility index (Phi) is 17.8. The monoisotopic (exact) mass is 822 g/mol. The summed E-state index contributed by atoms with van der Waals surface area (Å²) >= 11 is 6.37. The van der Waals surface area contributed by atoms with Crippen molar-refractivity contribution in [3.8, 4) is 0 Å². The van der Waals surface area contributed by atoms with Crippen LogP contribution in [-0.2, 0) is 46.1 Å². The Bertz CT molecular complexity index is 1710. The Labute approximate surface area is 347 Å². The van der Waals surface area contributed by atoms with E-state index < -0.39 is 55.7 Å². The molecule has 3 rings (SSSR count). The van der Waals surface area contributed by atoms with Gasteiger partial charge in [0.1, 0.15) is 12.1 Å². The number of benzene rings is 2.